The monoisotopic (exact) mass is 461 g/mol. The van der Waals surface area contributed by atoms with E-state index in [2.05, 4.69) is 9.97 Å². The Kier molecular flexibility index (Phi) is 6.58. The Balaban J connectivity index is 1.79. The topological polar surface area (TPSA) is 83.4 Å². The largest absolute Gasteiger partial charge is 0.477 e. The molecule has 34 heavy (non-hydrogen) atoms. The number of carboxylic acid groups (broad SMARTS) is 1. The molecular weight excluding hydrogens is 440 g/mol. The Morgan fingerprint density at radius 2 is 1.74 bits per heavy atom. The van der Waals surface area contributed by atoms with Crippen molar-refractivity contribution in [3.63, 3.8) is 0 Å². The van der Waals surface area contributed by atoms with Crippen LogP contribution in [0.3, 0.4) is 0 Å². The van der Waals surface area contributed by atoms with Crippen LogP contribution < -0.4 is 0 Å². The van der Waals surface area contributed by atoms with Crippen molar-refractivity contribution in [3.05, 3.63) is 107 Å². The van der Waals surface area contributed by atoms with Crippen molar-refractivity contribution in [2.75, 3.05) is 0 Å². The van der Waals surface area contributed by atoms with Gasteiger partial charge in [-0.2, -0.15) is 0 Å². The van der Waals surface area contributed by atoms with Gasteiger partial charge in [0.15, 0.2) is 0 Å². The van der Waals surface area contributed by atoms with Crippen LogP contribution in [0.2, 0.25) is 0 Å². The van der Waals surface area contributed by atoms with Crippen LogP contribution in [0.5, 0.6) is 0 Å². The van der Waals surface area contributed by atoms with Gasteiger partial charge in [0.05, 0.1) is 18.3 Å². The highest BCUT2D eigenvalue weighted by atomic mass is 19.1. The minimum Gasteiger partial charge on any atom is -0.477 e. The average molecular weight is 461 g/mol. The van der Waals surface area contributed by atoms with Gasteiger partial charge in [0.2, 0.25) is 0 Å². The van der Waals surface area contributed by atoms with E-state index >= 15 is 0 Å². The predicted octanol–water partition coefficient (Wildman–Crippen LogP) is 5.40. The quantitative estimate of drug-likeness (QED) is 0.398. The van der Waals surface area contributed by atoms with Crippen LogP contribution >= 0.6 is 0 Å². The zero-order valence-electron chi connectivity index (χ0n) is 18.3. The van der Waals surface area contributed by atoms with E-state index in [1.54, 1.807) is 25.3 Å². The summed E-state index contributed by atoms with van der Waals surface area (Å²) in [6, 6.07) is 16.0. The second-order valence-electron chi connectivity index (χ2n) is 7.76. The first-order valence-corrected chi connectivity index (χ1v) is 10.7. The molecule has 0 aliphatic rings. The third kappa shape index (κ3) is 4.76. The molecule has 2 heterocycles. The lowest BCUT2D eigenvalue weighted by atomic mass is 10.0. The number of pyridine rings is 2. The zero-order chi connectivity index (χ0) is 24.2. The fourth-order valence-electron chi connectivity index (χ4n) is 3.91. The van der Waals surface area contributed by atoms with Crippen LogP contribution in [0.1, 0.15) is 51.6 Å². The second-order valence-corrected chi connectivity index (χ2v) is 7.76. The Labute approximate surface area is 194 Å². The third-order valence-electron chi connectivity index (χ3n) is 5.55. The molecule has 0 saturated carbocycles. The summed E-state index contributed by atoms with van der Waals surface area (Å²) in [6.07, 6.45) is 1.91. The van der Waals surface area contributed by atoms with Gasteiger partial charge in [-0.3, -0.25) is 9.78 Å². The molecule has 0 bridgehead atoms. The molecule has 4 rings (SSSR count). The van der Waals surface area contributed by atoms with E-state index < -0.39 is 29.6 Å². The minimum absolute atomic E-state index is 0.0935. The summed E-state index contributed by atoms with van der Waals surface area (Å²) in [5, 5.41) is 11.0. The normalized spacial score (nSPS) is 11.9. The summed E-state index contributed by atoms with van der Waals surface area (Å²) in [5.41, 5.74) is 0.436. The molecular formula is C26H21F2N3O3. The highest BCUT2D eigenvalue weighted by Crippen LogP contribution is 2.30. The molecule has 172 valence electrons. The standard InChI is InChI=1S/C26H21F2N3O3/c1-2-24(20-11-10-18(27)13-21(20)28)31(15-19-8-5-9-22(30-19)26(33)34)25(32)23-12-16-6-3-4-7-17(16)14-29-23/h3-14,24H,2,15H2,1H3,(H,33,34)/t24-/m1/s1. The summed E-state index contributed by atoms with van der Waals surface area (Å²) in [4.78, 5) is 34.9. The maximum Gasteiger partial charge on any atom is 0.354 e. The fourth-order valence-corrected chi connectivity index (χ4v) is 3.91. The van der Waals surface area contributed by atoms with Crippen molar-refractivity contribution >= 4 is 22.6 Å². The number of rotatable bonds is 7. The Morgan fingerprint density at radius 3 is 2.44 bits per heavy atom. The number of benzene rings is 2. The van der Waals surface area contributed by atoms with Crippen molar-refractivity contribution in [3.8, 4) is 0 Å². The molecule has 0 unspecified atom stereocenters. The molecule has 8 heteroatoms. The third-order valence-corrected chi connectivity index (χ3v) is 5.55. The van der Waals surface area contributed by atoms with Gasteiger partial charge in [-0.05, 0) is 36.1 Å². The maximum absolute atomic E-state index is 14.7. The number of hydrogen-bond donors (Lipinski definition) is 1. The van der Waals surface area contributed by atoms with Crippen LogP contribution in [-0.4, -0.2) is 31.9 Å². The number of aromatic carboxylic acids is 1. The van der Waals surface area contributed by atoms with Gasteiger partial charge >= 0.3 is 5.97 Å². The lowest BCUT2D eigenvalue weighted by Crippen LogP contribution is -2.35. The molecule has 2 aromatic heterocycles. The molecule has 2 aromatic carbocycles. The predicted molar refractivity (Wildman–Crippen MR) is 122 cm³/mol. The molecule has 1 atom stereocenters. The number of fused-ring (bicyclic) bond motifs is 1. The molecule has 4 aromatic rings. The lowest BCUT2D eigenvalue weighted by Gasteiger charge is -2.31. The lowest BCUT2D eigenvalue weighted by molar-refractivity contribution is 0.0640. The number of carbonyl (C=O) groups is 2. The van der Waals surface area contributed by atoms with Gasteiger partial charge in [-0.15, -0.1) is 0 Å². The van der Waals surface area contributed by atoms with Crippen LogP contribution in [0.25, 0.3) is 10.8 Å². The van der Waals surface area contributed by atoms with Crippen LogP contribution in [0.4, 0.5) is 8.78 Å². The highest BCUT2D eigenvalue weighted by molar-refractivity contribution is 5.96. The molecule has 1 N–H and O–H groups in total. The molecule has 0 fully saturated rings. The second kappa shape index (κ2) is 9.74. The minimum atomic E-state index is -1.20. The summed E-state index contributed by atoms with van der Waals surface area (Å²) in [6.45, 7) is 1.69. The van der Waals surface area contributed by atoms with E-state index in [0.717, 1.165) is 22.9 Å². The van der Waals surface area contributed by atoms with Crippen LogP contribution in [0, 0.1) is 11.6 Å². The number of nitrogens with zero attached hydrogens (tertiary/aromatic N) is 3. The molecule has 0 spiro atoms. The highest BCUT2D eigenvalue weighted by Gasteiger charge is 2.29. The van der Waals surface area contributed by atoms with E-state index in [1.807, 2.05) is 24.3 Å². The van der Waals surface area contributed by atoms with Crippen molar-refractivity contribution in [2.24, 2.45) is 0 Å². The van der Waals surface area contributed by atoms with E-state index in [0.29, 0.717) is 12.1 Å². The van der Waals surface area contributed by atoms with Crippen molar-refractivity contribution in [2.45, 2.75) is 25.9 Å². The number of amides is 1. The first-order chi connectivity index (χ1) is 16.4. The summed E-state index contributed by atoms with van der Waals surface area (Å²) in [5.74, 6) is -3.18. The first-order valence-electron chi connectivity index (χ1n) is 10.7. The fraction of sp³-hybridized carbons (Fsp3) is 0.154. The average Bonchev–Trinajstić information content (AvgIpc) is 2.84. The first kappa shape index (κ1) is 23.0. The summed E-state index contributed by atoms with van der Waals surface area (Å²) < 4.78 is 28.3. The molecule has 1 amide bonds. The molecule has 0 saturated heterocycles. The van der Waals surface area contributed by atoms with E-state index in [4.69, 9.17) is 0 Å². The van der Waals surface area contributed by atoms with Crippen LogP contribution in [0.15, 0.2) is 72.9 Å². The SMILES string of the molecule is CC[C@H](c1ccc(F)cc1F)N(Cc1cccc(C(=O)O)n1)C(=O)c1cc2ccccc2cn1. The van der Waals surface area contributed by atoms with Crippen molar-refractivity contribution in [1.82, 2.24) is 14.9 Å². The summed E-state index contributed by atoms with van der Waals surface area (Å²) in [7, 11) is 0. The number of aromatic nitrogens is 2. The van der Waals surface area contributed by atoms with Gasteiger partial charge < -0.3 is 10.0 Å². The van der Waals surface area contributed by atoms with Crippen molar-refractivity contribution in [1.29, 1.82) is 0 Å². The zero-order valence-corrected chi connectivity index (χ0v) is 18.3. The van der Waals surface area contributed by atoms with Crippen molar-refractivity contribution < 1.29 is 23.5 Å². The van der Waals surface area contributed by atoms with Gasteiger partial charge in [0.25, 0.3) is 5.91 Å². The summed E-state index contributed by atoms with van der Waals surface area (Å²) >= 11 is 0. The van der Waals surface area contributed by atoms with E-state index in [-0.39, 0.29) is 23.5 Å². The number of hydrogen-bond acceptors (Lipinski definition) is 4. The molecule has 6 nitrogen and oxygen atoms in total. The number of halogens is 2. The van der Waals surface area contributed by atoms with Crippen LogP contribution in [-0.2, 0) is 6.54 Å². The Morgan fingerprint density at radius 1 is 0.971 bits per heavy atom. The molecule has 0 radical (unpaired) electrons. The molecule has 0 aliphatic heterocycles. The number of carboxylic acids is 1. The van der Waals surface area contributed by atoms with Gasteiger partial charge in [0, 0.05) is 23.2 Å². The van der Waals surface area contributed by atoms with Gasteiger partial charge in [-0.1, -0.05) is 43.3 Å². The Hall–Kier alpha value is -4.20. The van der Waals surface area contributed by atoms with Gasteiger partial charge in [0.1, 0.15) is 23.0 Å². The Bertz CT molecular complexity index is 1380. The van der Waals surface area contributed by atoms with Gasteiger partial charge in [-0.25, -0.2) is 18.6 Å². The van der Waals surface area contributed by atoms with E-state index in [1.165, 1.54) is 23.1 Å². The van der Waals surface area contributed by atoms with E-state index in [9.17, 15) is 23.5 Å². The maximum atomic E-state index is 14.7. The number of carbonyl (C=O) groups excluding carboxylic acids is 1. The smallest absolute Gasteiger partial charge is 0.354 e. The molecule has 0 aliphatic carbocycles.